The molecule has 1 aliphatic rings. The molecule has 0 aromatic carbocycles. The van der Waals surface area contributed by atoms with E-state index in [4.69, 9.17) is 10.3 Å². The van der Waals surface area contributed by atoms with Crippen LogP contribution in [0.3, 0.4) is 0 Å². The summed E-state index contributed by atoms with van der Waals surface area (Å²) in [6.07, 6.45) is 3.30. The minimum atomic E-state index is 0.189. The molecule has 1 aromatic heterocycles. The first-order valence-electron chi connectivity index (χ1n) is 5.24. The predicted octanol–water partition coefficient (Wildman–Crippen LogP) is 1.57. The summed E-state index contributed by atoms with van der Waals surface area (Å²) in [5.74, 6) is 1.79. The molecule has 1 atom stereocenters. The second kappa shape index (κ2) is 3.35. The molecule has 1 aliphatic carbocycles. The highest BCUT2D eigenvalue weighted by atomic mass is 16.5. The second-order valence-electron chi connectivity index (χ2n) is 4.36. The van der Waals surface area contributed by atoms with E-state index in [0.717, 1.165) is 12.2 Å². The third-order valence-corrected chi connectivity index (χ3v) is 3.11. The first kappa shape index (κ1) is 9.65. The summed E-state index contributed by atoms with van der Waals surface area (Å²) >= 11 is 0. The Morgan fingerprint density at radius 3 is 2.79 bits per heavy atom. The van der Waals surface area contributed by atoms with Crippen LogP contribution < -0.4 is 5.73 Å². The minimum absolute atomic E-state index is 0.189. The normalized spacial score (nSPS) is 20.8. The van der Waals surface area contributed by atoms with Crippen molar-refractivity contribution in [3.05, 3.63) is 11.7 Å². The zero-order valence-electron chi connectivity index (χ0n) is 8.79. The summed E-state index contributed by atoms with van der Waals surface area (Å²) in [7, 11) is 0. The summed E-state index contributed by atoms with van der Waals surface area (Å²) in [5, 5.41) is 4.03. The van der Waals surface area contributed by atoms with Crippen LogP contribution in [-0.4, -0.2) is 16.7 Å². The van der Waals surface area contributed by atoms with E-state index in [1.807, 2.05) is 0 Å². The average molecular weight is 195 g/mol. The van der Waals surface area contributed by atoms with Crippen molar-refractivity contribution in [2.75, 3.05) is 6.54 Å². The molecule has 1 aromatic rings. The molecule has 0 radical (unpaired) electrons. The third-order valence-electron chi connectivity index (χ3n) is 3.11. The molecule has 1 fully saturated rings. The van der Waals surface area contributed by atoms with Crippen molar-refractivity contribution in [1.29, 1.82) is 0 Å². The fourth-order valence-corrected chi connectivity index (χ4v) is 1.50. The Hall–Kier alpha value is -0.900. The average Bonchev–Trinajstić information content (AvgIpc) is 2.76. The van der Waals surface area contributed by atoms with E-state index in [-0.39, 0.29) is 11.3 Å². The van der Waals surface area contributed by atoms with Crippen LogP contribution in [0, 0.1) is 0 Å². The fourth-order valence-electron chi connectivity index (χ4n) is 1.50. The smallest absolute Gasteiger partial charge is 0.231 e. The third kappa shape index (κ3) is 1.54. The van der Waals surface area contributed by atoms with Gasteiger partial charge in [-0.2, -0.15) is 4.98 Å². The van der Waals surface area contributed by atoms with Crippen molar-refractivity contribution >= 4 is 0 Å². The molecule has 1 heterocycles. The van der Waals surface area contributed by atoms with E-state index in [2.05, 4.69) is 24.0 Å². The van der Waals surface area contributed by atoms with Crippen molar-refractivity contribution in [1.82, 2.24) is 10.1 Å². The Bertz CT molecular complexity index is 313. The van der Waals surface area contributed by atoms with Crippen LogP contribution in [0.25, 0.3) is 0 Å². The largest absolute Gasteiger partial charge is 0.339 e. The topological polar surface area (TPSA) is 64.9 Å². The molecule has 2 rings (SSSR count). The summed E-state index contributed by atoms with van der Waals surface area (Å²) in [5.41, 5.74) is 5.81. The molecule has 0 bridgehead atoms. The zero-order valence-corrected chi connectivity index (χ0v) is 8.79. The van der Waals surface area contributed by atoms with Gasteiger partial charge in [0.15, 0.2) is 5.82 Å². The van der Waals surface area contributed by atoms with Crippen molar-refractivity contribution in [2.24, 2.45) is 5.73 Å². The molecule has 1 saturated carbocycles. The molecule has 4 heteroatoms. The van der Waals surface area contributed by atoms with Crippen LogP contribution in [0.1, 0.15) is 50.7 Å². The summed E-state index contributed by atoms with van der Waals surface area (Å²) in [6.45, 7) is 4.83. The lowest BCUT2D eigenvalue weighted by Gasteiger charge is -2.04. The Morgan fingerprint density at radius 1 is 1.57 bits per heavy atom. The number of hydrogen-bond donors (Lipinski definition) is 1. The molecule has 78 valence electrons. The Labute approximate surface area is 83.9 Å². The van der Waals surface area contributed by atoms with Crippen LogP contribution in [0.4, 0.5) is 0 Å². The van der Waals surface area contributed by atoms with Gasteiger partial charge in [-0.3, -0.25) is 0 Å². The number of aromatic nitrogens is 2. The van der Waals surface area contributed by atoms with Gasteiger partial charge in [-0.15, -0.1) is 0 Å². The number of nitrogens with zero attached hydrogens (tertiary/aromatic N) is 2. The van der Waals surface area contributed by atoms with Crippen LogP contribution in [0.15, 0.2) is 4.52 Å². The Kier molecular flexibility index (Phi) is 2.31. The SMILES string of the molecule is CCC(CN)c1nc(C2(C)CC2)no1. The fraction of sp³-hybridized carbons (Fsp3) is 0.800. The van der Waals surface area contributed by atoms with E-state index < -0.39 is 0 Å². The highest BCUT2D eigenvalue weighted by Gasteiger charge is 2.43. The lowest BCUT2D eigenvalue weighted by atomic mass is 10.1. The predicted molar refractivity (Wildman–Crippen MR) is 53.0 cm³/mol. The van der Waals surface area contributed by atoms with Crippen molar-refractivity contribution in [3.8, 4) is 0 Å². The van der Waals surface area contributed by atoms with Gasteiger partial charge in [0.25, 0.3) is 0 Å². The molecular weight excluding hydrogens is 178 g/mol. The highest BCUT2D eigenvalue weighted by Crippen LogP contribution is 2.46. The Balaban J connectivity index is 2.16. The maximum absolute atomic E-state index is 5.62. The number of rotatable bonds is 4. The molecule has 2 N–H and O–H groups in total. The Morgan fingerprint density at radius 2 is 2.29 bits per heavy atom. The van der Waals surface area contributed by atoms with E-state index in [1.54, 1.807) is 0 Å². The van der Waals surface area contributed by atoms with Crippen molar-refractivity contribution in [3.63, 3.8) is 0 Å². The lowest BCUT2D eigenvalue weighted by molar-refractivity contribution is 0.345. The van der Waals surface area contributed by atoms with Gasteiger partial charge < -0.3 is 10.3 Å². The van der Waals surface area contributed by atoms with Crippen LogP contribution in [0.5, 0.6) is 0 Å². The van der Waals surface area contributed by atoms with E-state index in [0.29, 0.717) is 12.4 Å². The molecule has 14 heavy (non-hydrogen) atoms. The molecule has 0 saturated heterocycles. The molecule has 0 amide bonds. The van der Waals surface area contributed by atoms with Crippen LogP contribution in [0.2, 0.25) is 0 Å². The minimum Gasteiger partial charge on any atom is -0.339 e. The van der Waals surface area contributed by atoms with E-state index in [9.17, 15) is 0 Å². The van der Waals surface area contributed by atoms with E-state index >= 15 is 0 Å². The van der Waals surface area contributed by atoms with Crippen LogP contribution >= 0.6 is 0 Å². The number of nitrogens with two attached hydrogens (primary N) is 1. The maximum Gasteiger partial charge on any atom is 0.231 e. The van der Waals surface area contributed by atoms with Gasteiger partial charge in [0.1, 0.15) is 0 Å². The van der Waals surface area contributed by atoms with Crippen molar-refractivity contribution < 1.29 is 4.52 Å². The van der Waals surface area contributed by atoms with Gasteiger partial charge in [-0.05, 0) is 19.3 Å². The van der Waals surface area contributed by atoms with Crippen LogP contribution in [-0.2, 0) is 5.41 Å². The van der Waals surface area contributed by atoms with Gasteiger partial charge in [0.2, 0.25) is 5.89 Å². The zero-order chi connectivity index (χ0) is 10.2. The number of hydrogen-bond acceptors (Lipinski definition) is 4. The summed E-state index contributed by atoms with van der Waals surface area (Å²) in [6, 6.07) is 0. The maximum atomic E-state index is 5.62. The molecule has 0 spiro atoms. The summed E-state index contributed by atoms with van der Waals surface area (Å²) in [4.78, 5) is 4.43. The van der Waals surface area contributed by atoms with Gasteiger partial charge in [0, 0.05) is 12.0 Å². The summed E-state index contributed by atoms with van der Waals surface area (Å²) < 4.78 is 5.23. The molecular formula is C10H17N3O. The highest BCUT2D eigenvalue weighted by molar-refractivity contribution is 5.14. The van der Waals surface area contributed by atoms with Gasteiger partial charge in [-0.1, -0.05) is 19.0 Å². The first-order chi connectivity index (χ1) is 6.69. The van der Waals surface area contributed by atoms with E-state index in [1.165, 1.54) is 12.8 Å². The van der Waals surface area contributed by atoms with Gasteiger partial charge in [-0.25, -0.2) is 0 Å². The molecule has 1 unspecified atom stereocenters. The molecule has 4 nitrogen and oxygen atoms in total. The van der Waals surface area contributed by atoms with Crippen molar-refractivity contribution in [2.45, 2.75) is 44.4 Å². The molecule has 0 aliphatic heterocycles. The first-order valence-corrected chi connectivity index (χ1v) is 5.24. The van der Waals surface area contributed by atoms with Gasteiger partial charge in [0.05, 0.1) is 5.92 Å². The van der Waals surface area contributed by atoms with Gasteiger partial charge >= 0.3 is 0 Å². The monoisotopic (exact) mass is 195 g/mol. The standard InChI is InChI=1S/C10H17N3O/c1-3-7(6-11)8-12-9(13-14-8)10(2)4-5-10/h7H,3-6,11H2,1-2H3. The lowest BCUT2D eigenvalue weighted by Crippen LogP contribution is -2.12. The second-order valence-corrected chi connectivity index (χ2v) is 4.36. The quantitative estimate of drug-likeness (QED) is 0.792.